The lowest BCUT2D eigenvalue weighted by molar-refractivity contribution is 0.321. The summed E-state index contributed by atoms with van der Waals surface area (Å²) >= 11 is 1.49. The number of thiophene rings is 1. The van der Waals surface area contributed by atoms with Gasteiger partial charge >= 0.3 is 0 Å². The van der Waals surface area contributed by atoms with Crippen molar-refractivity contribution in [2.24, 2.45) is 0 Å². The summed E-state index contributed by atoms with van der Waals surface area (Å²) in [5.74, 6) is 0.967. The molecule has 6 heteroatoms. The second-order valence-corrected chi connectivity index (χ2v) is 7.68. The van der Waals surface area contributed by atoms with Crippen LogP contribution >= 0.6 is 11.3 Å². The Morgan fingerprint density at radius 1 is 1.11 bits per heavy atom. The van der Waals surface area contributed by atoms with Crippen molar-refractivity contribution in [3.63, 3.8) is 0 Å². The van der Waals surface area contributed by atoms with Crippen LogP contribution in [-0.2, 0) is 13.0 Å². The van der Waals surface area contributed by atoms with E-state index in [0.29, 0.717) is 23.5 Å². The van der Waals surface area contributed by atoms with E-state index in [1.165, 1.54) is 11.3 Å². The SMILES string of the molecule is CN(CCc1ccccc1O)Cc1nc2scc(-c3ccccc3)c2c(=O)[nH]1. The molecule has 0 spiro atoms. The number of nitrogens with zero attached hydrogens (tertiary/aromatic N) is 2. The Hall–Kier alpha value is -2.96. The molecule has 4 rings (SSSR count). The number of para-hydroxylation sites is 1. The van der Waals surface area contributed by atoms with E-state index < -0.39 is 0 Å². The Morgan fingerprint density at radius 2 is 1.86 bits per heavy atom. The number of hydrogen-bond acceptors (Lipinski definition) is 5. The molecule has 0 aliphatic heterocycles. The second kappa shape index (κ2) is 7.96. The van der Waals surface area contributed by atoms with Gasteiger partial charge in [-0.15, -0.1) is 11.3 Å². The lowest BCUT2D eigenvalue weighted by Gasteiger charge is -2.16. The molecule has 0 fully saturated rings. The minimum absolute atomic E-state index is 0.103. The van der Waals surface area contributed by atoms with Gasteiger partial charge in [0, 0.05) is 17.5 Å². The maximum Gasteiger partial charge on any atom is 0.260 e. The van der Waals surface area contributed by atoms with E-state index in [9.17, 15) is 9.90 Å². The fourth-order valence-electron chi connectivity index (χ4n) is 3.27. The minimum Gasteiger partial charge on any atom is -0.508 e. The van der Waals surface area contributed by atoms with E-state index in [2.05, 4.69) is 14.9 Å². The van der Waals surface area contributed by atoms with Crippen LogP contribution in [0.25, 0.3) is 21.3 Å². The molecule has 4 aromatic rings. The van der Waals surface area contributed by atoms with Gasteiger partial charge < -0.3 is 10.1 Å². The first-order valence-corrected chi connectivity index (χ1v) is 10.0. The summed E-state index contributed by atoms with van der Waals surface area (Å²) in [6.07, 6.45) is 0.729. The average Bonchev–Trinajstić information content (AvgIpc) is 3.12. The summed E-state index contributed by atoms with van der Waals surface area (Å²) in [6, 6.07) is 17.3. The molecule has 2 aromatic heterocycles. The van der Waals surface area contributed by atoms with Gasteiger partial charge in [-0.2, -0.15) is 0 Å². The quantitative estimate of drug-likeness (QED) is 0.521. The third-order valence-corrected chi connectivity index (χ3v) is 5.62. The van der Waals surface area contributed by atoms with Crippen molar-refractivity contribution in [3.8, 4) is 16.9 Å². The predicted octanol–water partition coefficient (Wildman–Crippen LogP) is 4.03. The van der Waals surface area contributed by atoms with Crippen LogP contribution in [0.15, 0.2) is 64.8 Å². The summed E-state index contributed by atoms with van der Waals surface area (Å²) in [7, 11) is 1.98. The van der Waals surface area contributed by atoms with Gasteiger partial charge in [0.25, 0.3) is 5.56 Å². The summed E-state index contributed by atoms with van der Waals surface area (Å²) in [5.41, 5.74) is 2.76. The van der Waals surface area contributed by atoms with Gasteiger partial charge in [-0.1, -0.05) is 48.5 Å². The summed E-state index contributed by atoms with van der Waals surface area (Å²) in [5, 5.41) is 12.5. The van der Waals surface area contributed by atoms with E-state index in [-0.39, 0.29) is 5.56 Å². The van der Waals surface area contributed by atoms with Gasteiger partial charge in [0.15, 0.2) is 0 Å². The first-order chi connectivity index (χ1) is 13.6. The van der Waals surface area contributed by atoms with Crippen LogP contribution in [0.4, 0.5) is 0 Å². The number of aromatic amines is 1. The van der Waals surface area contributed by atoms with Gasteiger partial charge in [-0.05, 0) is 30.7 Å². The molecule has 5 nitrogen and oxygen atoms in total. The molecule has 2 aromatic carbocycles. The summed E-state index contributed by atoms with van der Waals surface area (Å²) in [6.45, 7) is 1.29. The van der Waals surface area contributed by atoms with Gasteiger partial charge in [0.1, 0.15) is 16.4 Å². The fourth-order valence-corrected chi connectivity index (χ4v) is 4.23. The molecule has 0 bridgehead atoms. The monoisotopic (exact) mass is 391 g/mol. The molecule has 0 atom stereocenters. The van der Waals surface area contributed by atoms with Gasteiger partial charge in [-0.25, -0.2) is 4.98 Å². The van der Waals surface area contributed by atoms with Crippen molar-refractivity contribution in [2.75, 3.05) is 13.6 Å². The molecule has 142 valence electrons. The van der Waals surface area contributed by atoms with E-state index in [1.54, 1.807) is 6.07 Å². The molecule has 0 aliphatic rings. The first kappa shape index (κ1) is 18.4. The Kier molecular flexibility index (Phi) is 5.23. The zero-order valence-corrected chi connectivity index (χ0v) is 16.4. The van der Waals surface area contributed by atoms with E-state index >= 15 is 0 Å². The number of likely N-dealkylation sites (N-methyl/N-ethyl adjacent to an activating group) is 1. The molecule has 0 radical (unpaired) electrons. The number of nitrogens with one attached hydrogen (secondary N) is 1. The molecule has 0 amide bonds. The molecule has 0 aliphatic carbocycles. The van der Waals surface area contributed by atoms with Crippen molar-refractivity contribution in [3.05, 3.63) is 81.7 Å². The predicted molar refractivity (Wildman–Crippen MR) is 114 cm³/mol. The van der Waals surface area contributed by atoms with Crippen molar-refractivity contribution >= 4 is 21.6 Å². The fraction of sp³-hybridized carbons (Fsp3) is 0.182. The van der Waals surface area contributed by atoms with Crippen LogP contribution < -0.4 is 5.56 Å². The molecule has 2 heterocycles. The number of H-pyrrole nitrogens is 1. The molecular formula is C22H21N3O2S. The smallest absolute Gasteiger partial charge is 0.260 e. The number of fused-ring (bicyclic) bond motifs is 1. The normalized spacial score (nSPS) is 11.4. The van der Waals surface area contributed by atoms with Crippen LogP contribution in [0.3, 0.4) is 0 Å². The highest BCUT2D eigenvalue weighted by atomic mass is 32.1. The summed E-state index contributed by atoms with van der Waals surface area (Å²) in [4.78, 5) is 23.2. The van der Waals surface area contributed by atoms with Crippen LogP contribution in [0, 0.1) is 0 Å². The number of benzene rings is 2. The Morgan fingerprint density at radius 3 is 2.64 bits per heavy atom. The molecule has 28 heavy (non-hydrogen) atoms. The van der Waals surface area contributed by atoms with Crippen molar-refractivity contribution in [1.82, 2.24) is 14.9 Å². The number of rotatable bonds is 6. The lowest BCUT2D eigenvalue weighted by Crippen LogP contribution is -2.24. The van der Waals surface area contributed by atoms with Crippen LogP contribution in [0.1, 0.15) is 11.4 Å². The standard InChI is InChI=1S/C22H21N3O2S/c1-25(12-11-16-9-5-6-10-18(16)26)13-19-23-21(27)20-17(14-28-22(20)24-19)15-7-3-2-4-8-15/h2-10,14,26H,11-13H2,1H3,(H,23,24,27). The molecule has 0 saturated heterocycles. The maximum atomic E-state index is 12.7. The van der Waals surface area contributed by atoms with E-state index in [0.717, 1.165) is 34.5 Å². The molecule has 0 unspecified atom stereocenters. The highest BCUT2D eigenvalue weighted by molar-refractivity contribution is 7.17. The van der Waals surface area contributed by atoms with Crippen molar-refractivity contribution in [2.45, 2.75) is 13.0 Å². The third-order valence-electron chi connectivity index (χ3n) is 4.75. The van der Waals surface area contributed by atoms with Crippen molar-refractivity contribution in [1.29, 1.82) is 0 Å². The van der Waals surface area contributed by atoms with Crippen molar-refractivity contribution < 1.29 is 5.11 Å². The average molecular weight is 391 g/mol. The number of aromatic nitrogens is 2. The summed E-state index contributed by atoms with van der Waals surface area (Å²) < 4.78 is 0. The molecule has 0 saturated carbocycles. The zero-order chi connectivity index (χ0) is 19.5. The maximum absolute atomic E-state index is 12.7. The largest absolute Gasteiger partial charge is 0.508 e. The van der Waals surface area contributed by atoms with Crippen LogP contribution in [-0.4, -0.2) is 33.6 Å². The Labute approximate surface area is 166 Å². The Balaban J connectivity index is 1.52. The van der Waals surface area contributed by atoms with Crippen LogP contribution in [0.2, 0.25) is 0 Å². The van der Waals surface area contributed by atoms with Gasteiger partial charge in [-0.3, -0.25) is 9.69 Å². The number of hydrogen-bond donors (Lipinski definition) is 2. The first-order valence-electron chi connectivity index (χ1n) is 9.13. The van der Waals surface area contributed by atoms with Gasteiger partial charge in [0.2, 0.25) is 0 Å². The highest BCUT2D eigenvalue weighted by Gasteiger charge is 2.13. The Bertz CT molecular complexity index is 1150. The number of phenolic OH excluding ortho intramolecular Hbond substituents is 1. The molecular weight excluding hydrogens is 370 g/mol. The molecule has 2 N–H and O–H groups in total. The van der Waals surface area contributed by atoms with E-state index in [1.807, 2.05) is 61.0 Å². The minimum atomic E-state index is -0.103. The highest BCUT2D eigenvalue weighted by Crippen LogP contribution is 2.30. The van der Waals surface area contributed by atoms with Crippen LogP contribution in [0.5, 0.6) is 5.75 Å². The zero-order valence-electron chi connectivity index (χ0n) is 15.6. The third kappa shape index (κ3) is 3.83. The number of aromatic hydroxyl groups is 1. The second-order valence-electron chi connectivity index (χ2n) is 6.82. The number of phenols is 1. The van der Waals surface area contributed by atoms with Gasteiger partial charge in [0.05, 0.1) is 11.9 Å². The topological polar surface area (TPSA) is 69.2 Å². The lowest BCUT2D eigenvalue weighted by atomic mass is 10.1. The van der Waals surface area contributed by atoms with E-state index in [4.69, 9.17) is 0 Å².